The molecule has 5 heterocycles. The van der Waals surface area contributed by atoms with Crippen LogP contribution in [0.5, 0.6) is 11.5 Å². The lowest BCUT2D eigenvalue weighted by atomic mass is 9.93. The molecule has 16 heteroatoms. The normalized spacial score (nSPS) is 16.7. The third-order valence-electron chi connectivity index (χ3n) is 9.27. The summed E-state index contributed by atoms with van der Waals surface area (Å²) in [7, 11) is 4.98. The molecule has 0 bridgehead atoms. The second-order valence-corrected chi connectivity index (χ2v) is 13.0. The van der Waals surface area contributed by atoms with Crippen molar-refractivity contribution in [2.24, 2.45) is 14.1 Å². The van der Waals surface area contributed by atoms with E-state index in [0.717, 1.165) is 29.1 Å². The summed E-state index contributed by atoms with van der Waals surface area (Å²) < 4.78 is 15.1. The second-order valence-electron chi connectivity index (χ2n) is 12.6. The van der Waals surface area contributed by atoms with Crippen LogP contribution in [0.2, 0.25) is 5.02 Å². The van der Waals surface area contributed by atoms with Gasteiger partial charge in [-0.05, 0) is 42.8 Å². The van der Waals surface area contributed by atoms with Crippen LogP contribution in [0.25, 0.3) is 21.8 Å². The monoisotopic (exact) mass is 713 g/mol. The Morgan fingerprint density at radius 1 is 1.04 bits per heavy atom. The van der Waals surface area contributed by atoms with Gasteiger partial charge < -0.3 is 29.6 Å². The van der Waals surface area contributed by atoms with E-state index in [9.17, 15) is 19.2 Å². The Kier molecular flexibility index (Phi) is 9.21. The topological polar surface area (TPSA) is 175 Å². The maximum Gasteiger partial charge on any atom is 0.293 e. The van der Waals surface area contributed by atoms with E-state index in [1.165, 1.54) is 11.6 Å². The van der Waals surface area contributed by atoms with Gasteiger partial charge in [-0.2, -0.15) is 10.1 Å². The number of anilines is 3. The van der Waals surface area contributed by atoms with Gasteiger partial charge in [-0.3, -0.25) is 29.2 Å². The number of rotatable bonds is 9. The predicted octanol–water partition coefficient (Wildman–Crippen LogP) is 3.31. The molecular weight excluding hydrogens is 678 g/mol. The first-order valence-corrected chi connectivity index (χ1v) is 16.9. The van der Waals surface area contributed by atoms with E-state index >= 15 is 0 Å². The molecule has 0 spiro atoms. The van der Waals surface area contributed by atoms with Gasteiger partial charge in [0.15, 0.2) is 18.2 Å². The number of fused-ring (bicyclic) bond motifs is 2. The Morgan fingerprint density at radius 2 is 1.84 bits per heavy atom. The Bertz CT molecular complexity index is 2240. The number of nitrogens with zero attached hydrogens (tertiary/aromatic N) is 6. The SMILES string of the molecule is CNC(=O)COc1cc2cc(Nc3nc(N4CCC(Oc5ccc6c(C7CCC(=O)NC7=O)nn(C)c6c5)CC4)ncc3Cl)ccc2n(C)c1=O. The summed E-state index contributed by atoms with van der Waals surface area (Å²) in [4.78, 5) is 59.9. The summed E-state index contributed by atoms with van der Waals surface area (Å²) in [6.07, 6.45) is 3.76. The van der Waals surface area contributed by atoms with Gasteiger partial charge in [0.1, 0.15) is 16.9 Å². The van der Waals surface area contributed by atoms with Crippen LogP contribution in [0.3, 0.4) is 0 Å². The highest BCUT2D eigenvalue weighted by Gasteiger charge is 2.32. The molecule has 3 aromatic heterocycles. The van der Waals surface area contributed by atoms with Gasteiger partial charge in [0.25, 0.3) is 11.5 Å². The molecule has 5 aromatic rings. The van der Waals surface area contributed by atoms with E-state index in [4.69, 9.17) is 26.1 Å². The van der Waals surface area contributed by atoms with Gasteiger partial charge in [-0.1, -0.05) is 11.6 Å². The average Bonchev–Trinajstić information content (AvgIpc) is 3.45. The third-order valence-corrected chi connectivity index (χ3v) is 9.55. The number of pyridine rings is 1. The third kappa shape index (κ3) is 6.88. The zero-order valence-electron chi connectivity index (χ0n) is 28.2. The van der Waals surface area contributed by atoms with Crippen LogP contribution in [0.4, 0.5) is 17.5 Å². The number of carbonyl (C=O) groups is 3. The number of nitrogens with one attached hydrogen (secondary N) is 3. The van der Waals surface area contributed by atoms with Gasteiger partial charge in [-0.15, -0.1) is 0 Å². The molecule has 2 aliphatic heterocycles. The van der Waals surface area contributed by atoms with Crippen molar-refractivity contribution in [1.82, 2.24) is 34.9 Å². The second kappa shape index (κ2) is 13.9. The van der Waals surface area contributed by atoms with Crippen LogP contribution >= 0.6 is 11.6 Å². The molecule has 264 valence electrons. The van der Waals surface area contributed by atoms with Crippen molar-refractivity contribution < 1.29 is 23.9 Å². The minimum absolute atomic E-state index is 0.0229. The fourth-order valence-electron chi connectivity index (χ4n) is 6.50. The molecule has 1 unspecified atom stereocenters. The number of aromatic nitrogens is 5. The van der Waals surface area contributed by atoms with Gasteiger partial charge in [0, 0.05) is 76.0 Å². The summed E-state index contributed by atoms with van der Waals surface area (Å²) >= 11 is 6.51. The highest BCUT2D eigenvalue weighted by molar-refractivity contribution is 6.33. The van der Waals surface area contributed by atoms with Gasteiger partial charge in [0.05, 0.1) is 28.8 Å². The largest absolute Gasteiger partial charge is 0.490 e. The van der Waals surface area contributed by atoms with E-state index in [1.54, 1.807) is 24.0 Å². The van der Waals surface area contributed by atoms with Crippen molar-refractivity contribution >= 4 is 68.6 Å². The Labute approximate surface area is 296 Å². The van der Waals surface area contributed by atoms with Crippen molar-refractivity contribution in [1.29, 1.82) is 0 Å². The first kappa shape index (κ1) is 33.8. The van der Waals surface area contributed by atoms with Crippen molar-refractivity contribution in [3.63, 3.8) is 0 Å². The zero-order chi connectivity index (χ0) is 35.8. The summed E-state index contributed by atoms with van der Waals surface area (Å²) in [6.45, 7) is 1.07. The van der Waals surface area contributed by atoms with Gasteiger partial charge in [0.2, 0.25) is 17.8 Å². The number of hydrogen-bond donors (Lipinski definition) is 3. The van der Waals surface area contributed by atoms with E-state index in [-0.39, 0.29) is 41.7 Å². The molecule has 51 heavy (non-hydrogen) atoms. The lowest BCUT2D eigenvalue weighted by molar-refractivity contribution is -0.134. The van der Waals surface area contributed by atoms with E-state index < -0.39 is 5.92 Å². The van der Waals surface area contributed by atoms with Crippen molar-refractivity contribution in [3.05, 3.63) is 69.7 Å². The van der Waals surface area contributed by atoms with Crippen LogP contribution in [0, 0.1) is 0 Å². The number of hydrogen-bond acceptors (Lipinski definition) is 11. The number of benzene rings is 2. The van der Waals surface area contributed by atoms with Crippen molar-refractivity contribution in [2.75, 3.05) is 37.0 Å². The van der Waals surface area contributed by atoms with Crippen LogP contribution in [0.1, 0.15) is 37.3 Å². The number of imide groups is 1. The molecule has 0 saturated carbocycles. The molecule has 0 radical (unpaired) electrons. The summed E-state index contributed by atoms with van der Waals surface area (Å²) in [6, 6.07) is 12.9. The fraction of sp³-hybridized carbons (Fsp3) is 0.343. The molecule has 15 nitrogen and oxygen atoms in total. The van der Waals surface area contributed by atoms with Crippen LogP contribution in [0.15, 0.2) is 53.5 Å². The summed E-state index contributed by atoms with van der Waals surface area (Å²) in [5.41, 5.74) is 2.55. The Hall–Kier alpha value is -5.70. The van der Waals surface area contributed by atoms with Crippen molar-refractivity contribution in [2.45, 2.75) is 37.7 Å². The minimum atomic E-state index is -0.465. The number of carbonyl (C=O) groups excluding carboxylic acids is 3. The molecule has 2 saturated heterocycles. The molecule has 2 fully saturated rings. The number of aryl methyl sites for hydroxylation is 2. The zero-order valence-corrected chi connectivity index (χ0v) is 29.0. The summed E-state index contributed by atoms with van der Waals surface area (Å²) in [5, 5.41) is 14.7. The number of halogens is 1. The molecular formula is C35H36ClN9O6. The average molecular weight is 714 g/mol. The molecule has 3 amide bonds. The van der Waals surface area contributed by atoms with E-state index in [0.29, 0.717) is 65.4 Å². The predicted molar refractivity (Wildman–Crippen MR) is 191 cm³/mol. The minimum Gasteiger partial charge on any atom is -0.490 e. The van der Waals surface area contributed by atoms with Crippen LogP contribution in [-0.2, 0) is 28.5 Å². The molecule has 0 aliphatic carbocycles. The lowest BCUT2D eigenvalue weighted by Gasteiger charge is -2.32. The first-order valence-electron chi connectivity index (χ1n) is 16.6. The maximum absolute atomic E-state index is 12.8. The van der Waals surface area contributed by atoms with Crippen molar-refractivity contribution in [3.8, 4) is 11.5 Å². The number of likely N-dealkylation sites (N-methyl/N-ethyl adjacent to an activating group) is 1. The highest BCUT2D eigenvalue weighted by Crippen LogP contribution is 2.33. The standard InChI is InChI=1S/C35H36ClN9O6/c1-37-30(47)18-50-28-15-19-14-20(4-8-26(19)43(2)34(28)49)39-32-25(36)17-38-35(41-32)45-12-10-21(11-13-45)51-22-5-6-23-27(16-22)44(3)42-31(23)24-7-9-29(46)40-33(24)48/h4-6,8,14-17,21,24H,7,9-13,18H2,1-3H3,(H,37,47)(H,38,39,41)(H,40,46,48). The molecule has 3 N–H and O–H groups in total. The van der Waals surface area contributed by atoms with Gasteiger partial charge in [-0.25, -0.2) is 4.98 Å². The van der Waals surface area contributed by atoms with Crippen LogP contribution < -0.4 is 35.9 Å². The lowest BCUT2D eigenvalue weighted by Crippen LogP contribution is -2.39. The van der Waals surface area contributed by atoms with E-state index in [1.807, 2.05) is 43.4 Å². The smallest absolute Gasteiger partial charge is 0.293 e. The summed E-state index contributed by atoms with van der Waals surface area (Å²) in [5.74, 6) is 0.377. The van der Waals surface area contributed by atoms with Crippen LogP contribution in [-0.4, -0.2) is 74.9 Å². The molecule has 7 rings (SSSR count). The number of amides is 3. The van der Waals surface area contributed by atoms with E-state index in [2.05, 4.69) is 30.9 Å². The highest BCUT2D eigenvalue weighted by atomic mass is 35.5. The maximum atomic E-state index is 12.8. The fourth-order valence-corrected chi connectivity index (χ4v) is 6.64. The quantitative estimate of drug-likeness (QED) is 0.191. The molecule has 2 aliphatic rings. The Morgan fingerprint density at radius 3 is 2.61 bits per heavy atom. The number of ether oxygens (including phenoxy) is 2. The first-order chi connectivity index (χ1) is 24.6. The number of piperidine rings is 2. The molecule has 2 aromatic carbocycles. The molecule has 1 atom stereocenters. The van der Waals surface area contributed by atoms with Gasteiger partial charge >= 0.3 is 0 Å². The Balaban J connectivity index is 1.01.